The minimum absolute atomic E-state index is 0. The summed E-state index contributed by atoms with van der Waals surface area (Å²) in [5.41, 5.74) is 0. The molecule has 16 atom stereocenters. The fraction of sp³-hybridized carbons (Fsp3) is 0.969. The second-order valence-corrected chi connectivity index (χ2v) is 15.4. The first-order chi connectivity index (χ1) is 20.8. The number of nitrogens with one attached hydrogen (secondary N) is 8. The molecule has 5 aliphatic heterocycles. The van der Waals surface area contributed by atoms with Crippen LogP contribution in [0.5, 0.6) is 0 Å². The van der Waals surface area contributed by atoms with Gasteiger partial charge < -0.3 is 6.42 Å². The zero-order valence-electron chi connectivity index (χ0n) is 25.6. The van der Waals surface area contributed by atoms with Crippen molar-refractivity contribution in [1.29, 1.82) is 0 Å². The van der Waals surface area contributed by atoms with Crippen LogP contribution in [0.1, 0.15) is 96.3 Å². The number of hydrogen-bond donors (Lipinski definition) is 8. The van der Waals surface area contributed by atoms with E-state index in [-0.39, 0.29) is 17.1 Å². The Bertz CT molecular complexity index is 745. The summed E-state index contributed by atoms with van der Waals surface area (Å²) in [6.07, 6.45) is 26.4. The third-order valence-corrected chi connectivity index (χ3v) is 13.6. The molecule has 5 heterocycles. The Hall–Kier alpha value is 0.584. The number of fused-ring (bicyclic) bond motifs is 20. The molecule has 4 aliphatic carbocycles. The van der Waals surface area contributed by atoms with Crippen LogP contribution < -0.4 is 42.5 Å². The first-order valence-corrected chi connectivity index (χ1v) is 18.5. The van der Waals surface area contributed by atoms with Crippen LogP contribution in [0.3, 0.4) is 0 Å². The van der Waals surface area contributed by atoms with E-state index in [1.165, 1.54) is 96.3 Å². The van der Waals surface area contributed by atoms with Crippen LogP contribution in [0, 0.1) is 53.8 Å². The van der Waals surface area contributed by atoms with Crippen LogP contribution in [0.15, 0.2) is 0 Å². The molecule has 0 aromatic rings. The summed E-state index contributed by atoms with van der Waals surface area (Å²) in [6, 6.07) is 0. The van der Waals surface area contributed by atoms with Gasteiger partial charge in [0.25, 0.3) is 0 Å². The van der Waals surface area contributed by atoms with Crippen LogP contribution in [0.2, 0.25) is 0 Å². The van der Waals surface area contributed by atoms with Gasteiger partial charge in [0, 0.05) is 23.2 Å². The molecule has 4 saturated carbocycles. The van der Waals surface area contributed by atoms with Crippen LogP contribution in [0.4, 0.5) is 0 Å². The Kier molecular flexibility index (Phi) is 10.4. The van der Waals surface area contributed by atoms with Crippen molar-refractivity contribution in [2.45, 2.75) is 146 Å². The first kappa shape index (κ1) is 32.1. The Morgan fingerprint density at radius 2 is 0.628 bits per heavy atom. The Morgan fingerprint density at radius 3 is 0.953 bits per heavy atom. The quantitative estimate of drug-likeness (QED) is 0.144. The molecule has 8 bridgehead atoms. The van der Waals surface area contributed by atoms with E-state index in [1.54, 1.807) is 0 Å². The molecule has 0 aromatic heterocycles. The Morgan fingerprint density at radius 1 is 0.372 bits per heavy atom. The third-order valence-electron chi connectivity index (χ3n) is 13.6. The van der Waals surface area contributed by atoms with Gasteiger partial charge in [-0.2, -0.15) is 6.42 Å². The standard InChI is InChI=1S/C32H55N8.Cu.O.V/c1-2-10-18-17(9-1)25-33-26(18)38-28-21-13-5-6-14-22(21)30(35-28)40-32-24-16-8-7-15-23(24)31(36-32)39-29-20-12-4-3-11-19(20)27(34-29)37-25;;;/h9,17-40H,1-8,10-16H2;;;/q-1;;;. The van der Waals surface area contributed by atoms with Gasteiger partial charge in [0.2, 0.25) is 0 Å². The van der Waals surface area contributed by atoms with Gasteiger partial charge in [-0.05, 0) is 80.0 Å². The number of rotatable bonds is 0. The normalized spacial score (nSPS) is 53.7. The third kappa shape index (κ3) is 5.95. The average molecular weight is 682 g/mol. The molecule has 8 N–H and O–H groups in total. The summed E-state index contributed by atoms with van der Waals surface area (Å²) in [4.78, 5) is 0. The van der Waals surface area contributed by atoms with Crippen LogP contribution in [-0.4, -0.2) is 49.3 Å². The second kappa shape index (κ2) is 14.0. The van der Waals surface area contributed by atoms with Gasteiger partial charge in [0.15, 0.2) is 0 Å². The molecule has 246 valence electrons. The topological polar surface area (TPSA) is 113 Å². The predicted molar refractivity (Wildman–Crippen MR) is 158 cm³/mol. The summed E-state index contributed by atoms with van der Waals surface area (Å²) in [5, 5.41) is 33.7. The van der Waals surface area contributed by atoms with Crippen molar-refractivity contribution in [3.8, 4) is 0 Å². The number of hydrogen-bond acceptors (Lipinski definition) is 9. The summed E-state index contributed by atoms with van der Waals surface area (Å²) >= 11 is 1.06. The zero-order valence-corrected chi connectivity index (χ0v) is 27.9. The predicted octanol–water partition coefficient (Wildman–Crippen LogP) is 2.30. The van der Waals surface area contributed by atoms with E-state index in [0.29, 0.717) is 61.2 Å². The van der Waals surface area contributed by atoms with E-state index >= 15 is 0 Å². The van der Waals surface area contributed by atoms with Crippen molar-refractivity contribution in [2.75, 3.05) is 0 Å². The maximum absolute atomic E-state index is 8.19. The van der Waals surface area contributed by atoms with Crippen molar-refractivity contribution < 1.29 is 38.1 Å². The van der Waals surface area contributed by atoms with Gasteiger partial charge in [-0.1, -0.05) is 51.4 Å². The SMILES string of the molecule is [CH-]1CCCC2C3NC(NC4NC(NC5NC(NC6NC(N3)C3CCCCC63)C3CCCCC53)C3CCCCC43)C12.[Cu].[O]=[V]. The summed E-state index contributed by atoms with van der Waals surface area (Å²) in [5.74, 6) is 5.74. The zero-order chi connectivity index (χ0) is 28.2. The summed E-state index contributed by atoms with van der Waals surface area (Å²) < 4.78 is 8.19. The van der Waals surface area contributed by atoms with Crippen LogP contribution >= 0.6 is 0 Å². The van der Waals surface area contributed by atoms with E-state index in [1.807, 2.05) is 0 Å². The second-order valence-electron chi connectivity index (χ2n) is 15.4. The van der Waals surface area contributed by atoms with E-state index in [0.717, 1.165) is 52.9 Å². The maximum atomic E-state index is 8.19. The summed E-state index contributed by atoms with van der Waals surface area (Å²) in [6.45, 7) is 0. The van der Waals surface area contributed by atoms with Gasteiger partial charge in [-0.25, -0.2) is 0 Å². The average Bonchev–Trinajstić information content (AvgIpc) is 3.78. The van der Waals surface area contributed by atoms with E-state index in [9.17, 15) is 0 Å². The van der Waals surface area contributed by atoms with Gasteiger partial charge >= 0.3 is 21.0 Å². The van der Waals surface area contributed by atoms with Crippen LogP contribution in [0.25, 0.3) is 0 Å². The molecule has 5 saturated heterocycles. The molecule has 11 heteroatoms. The van der Waals surface area contributed by atoms with Crippen molar-refractivity contribution in [3.05, 3.63) is 6.42 Å². The molecule has 0 amide bonds. The van der Waals surface area contributed by atoms with E-state index in [4.69, 9.17) is 3.67 Å². The summed E-state index contributed by atoms with van der Waals surface area (Å²) in [7, 11) is 0. The van der Waals surface area contributed by atoms with Crippen molar-refractivity contribution in [2.24, 2.45) is 47.3 Å². The van der Waals surface area contributed by atoms with Crippen molar-refractivity contribution >= 4 is 0 Å². The fourth-order valence-corrected chi connectivity index (χ4v) is 11.7. The Labute approximate surface area is 278 Å². The van der Waals surface area contributed by atoms with E-state index in [2.05, 4.69) is 49.0 Å². The van der Waals surface area contributed by atoms with Crippen molar-refractivity contribution in [1.82, 2.24) is 42.5 Å². The minimum atomic E-state index is 0. The molecule has 9 rings (SSSR count). The van der Waals surface area contributed by atoms with Crippen molar-refractivity contribution in [3.63, 3.8) is 0 Å². The fourth-order valence-electron chi connectivity index (χ4n) is 11.7. The molecule has 9 fully saturated rings. The molecule has 43 heavy (non-hydrogen) atoms. The first-order valence-electron chi connectivity index (χ1n) is 17.9. The molecule has 16 unspecified atom stereocenters. The molecule has 9 aliphatic rings. The van der Waals surface area contributed by atoms with E-state index < -0.39 is 0 Å². The van der Waals surface area contributed by atoms with Gasteiger partial charge in [-0.3, -0.25) is 42.5 Å². The molecule has 9 nitrogen and oxygen atoms in total. The molecular weight excluding hydrogens is 627 g/mol. The monoisotopic (exact) mass is 681 g/mol. The molecule has 1 radical (unpaired) electrons. The molecule has 0 spiro atoms. The molecule has 0 aromatic carbocycles. The van der Waals surface area contributed by atoms with Crippen LogP contribution in [-0.2, 0) is 38.1 Å². The molecular formula is C32H55CuN8OV-. The van der Waals surface area contributed by atoms with Gasteiger partial charge in [0.1, 0.15) is 0 Å². The Balaban J connectivity index is 0.000000981. The van der Waals surface area contributed by atoms with Gasteiger partial charge in [0.05, 0.1) is 43.2 Å². The van der Waals surface area contributed by atoms with Gasteiger partial charge in [-0.15, -0.1) is 5.92 Å².